The zero-order chi connectivity index (χ0) is 19.4. The van der Waals surface area contributed by atoms with Crippen molar-refractivity contribution in [1.82, 2.24) is 10.2 Å². The lowest BCUT2D eigenvalue weighted by atomic mass is 9.73. The van der Waals surface area contributed by atoms with Crippen molar-refractivity contribution in [2.45, 2.75) is 64.1 Å². The van der Waals surface area contributed by atoms with E-state index in [1.165, 1.54) is 6.42 Å². The van der Waals surface area contributed by atoms with E-state index in [-0.39, 0.29) is 17.2 Å². The van der Waals surface area contributed by atoms with Crippen LogP contribution >= 0.6 is 0 Å². The molecule has 2 fully saturated rings. The van der Waals surface area contributed by atoms with Crippen molar-refractivity contribution < 1.29 is 19.4 Å². The normalized spacial score (nSPS) is 21.1. The van der Waals surface area contributed by atoms with Crippen LogP contribution in [0.3, 0.4) is 0 Å². The molecule has 1 aliphatic carbocycles. The van der Waals surface area contributed by atoms with Gasteiger partial charge in [-0.25, -0.2) is 0 Å². The fourth-order valence-corrected chi connectivity index (χ4v) is 4.48. The Labute approximate surface area is 160 Å². The Kier molecular flexibility index (Phi) is 6.05. The number of methoxy groups -OCH3 is 1. The number of amides is 2. The molecule has 6 nitrogen and oxygen atoms in total. The summed E-state index contributed by atoms with van der Waals surface area (Å²) in [4.78, 5) is 27.1. The van der Waals surface area contributed by atoms with Gasteiger partial charge in [0.1, 0.15) is 11.8 Å². The summed E-state index contributed by atoms with van der Waals surface area (Å²) < 4.78 is 5.13. The Morgan fingerprint density at radius 2 is 1.93 bits per heavy atom. The Morgan fingerprint density at radius 3 is 2.52 bits per heavy atom. The molecule has 148 valence electrons. The standard InChI is InChI=1S/C21H30N2O4/c1-15(24)19(20(26)22-13-16-6-8-17(27-2)9-7-16)23-14-21(12-18(23)25)10-4-3-5-11-21/h6-9,15,19,24H,3-5,10-14H2,1-2H3,(H,22,26)/t15-,19+/m1/s1. The van der Waals surface area contributed by atoms with E-state index in [1.807, 2.05) is 24.3 Å². The summed E-state index contributed by atoms with van der Waals surface area (Å²) >= 11 is 0. The van der Waals surface area contributed by atoms with E-state index in [2.05, 4.69) is 5.32 Å². The topological polar surface area (TPSA) is 78.9 Å². The van der Waals surface area contributed by atoms with Crippen LogP contribution in [0.1, 0.15) is 51.0 Å². The van der Waals surface area contributed by atoms with Gasteiger partial charge in [0.2, 0.25) is 11.8 Å². The van der Waals surface area contributed by atoms with E-state index in [4.69, 9.17) is 4.74 Å². The minimum Gasteiger partial charge on any atom is -0.497 e. The van der Waals surface area contributed by atoms with Crippen LogP contribution in [-0.4, -0.2) is 47.6 Å². The summed E-state index contributed by atoms with van der Waals surface area (Å²) in [5, 5.41) is 13.1. The van der Waals surface area contributed by atoms with Gasteiger partial charge in [0.05, 0.1) is 13.2 Å². The van der Waals surface area contributed by atoms with E-state index in [9.17, 15) is 14.7 Å². The van der Waals surface area contributed by atoms with Crippen molar-refractivity contribution >= 4 is 11.8 Å². The fraction of sp³-hybridized carbons (Fsp3) is 0.619. The molecule has 0 aromatic heterocycles. The Morgan fingerprint density at radius 1 is 1.26 bits per heavy atom. The molecule has 1 saturated carbocycles. The number of likely N-dealkylation sites (tertiary alicyclic amines) is 1. The lowest BCUT2D eigenvalue weighted by Crippen LogP contribution is -2.53. The Bertz CT molecular complexity index is 665. The van der Waals surface area contributed by atoms with Crippen LogP contribution in [-0.2, 0) is 16.1 Å². The van der Waals surface area contributed by atoms with E-state index in [0.717, 1.165) is 37.0 Å². The summed E-state index contributed by atoms with van der Waals surface area (Å²) in [6, 6.07) is 6.61. The molecule has 2 amide bonds. The fourth-order valence-electron chi connectivity index (χ4n) is 4.48. The molecule has 27 heavy (non-hydrogen) atoms. The van der Waals surface area contributed by atoms with Crippen LogP contribution in [0.25, 0.3) is 0 Å². The number of nitrogens with one attached hydrogen (secondary N) is 1. The van der Waals surface area contributed by atoms with Crippen LogP contribution in [0.5, 0.6) is 5.75 Å². The predicted octanol–water partition coefficient (Wildman–Crippen LogP) is 2.24. The maximum absolute atomic E-state index is 12.8. The lowest BCUT2D eigenvalue weighted by Gasteiger charge is -2.35. The maximum atomic E-state index is 12.8. The third-order valence-corrected chi connectivity index (χ3v) is 5.95. The highest BCUT2D eigenvalue weighted by atomic mass is 16.5. The van der Waals surface area contributed by atoms with Crippen LogP contribution < -0.4 is 10.1 Å². The molecule has 1 heterocycles. The number of rotatable bonds is 6. The van der Waals surface area contributed by atoms with Gasteiger partial charge in [0.25, 0.3) is 0 Å². The molecule has 1 aromatic rings. The second-order valence-electron chi connectivity index (χ2n) is 8.01. The highest BCUT2D eigenvalue weighted by molar-refractivity contribution is 5.89. The lowest BCUT2D eigenvalue weighted by molar-refractivity contribution is -0.141. The van der Waals surface area contributed by atoms with Crippen molar-refractivity contribution in [2.75, 3.05) is 13.7 Å². The minimum absolute atomic E-state index is 0.00125. The molecular weight excluding hydrogens is 344 g/mol. The highest BCUT2D eigenvalue weighted by Crippen LogP contribution is 2.45. The first-order chi connectivity index (χ1) is 12.9. The quantitative estimate of drug-likeness (QED) is 0.800. The molecule has 0 radical (unpaired) electrons. The largest absolute Gasteiger partial charge is 0.497 e. The molecule has 1 saturated heterocycles. The van der Waals surface area contributed by atoms with Crippen molar-refractivity contribution in [3.8, 4) is 5.75 Å². The number of hydrogen-bond donors (Lipinski definition) is 2. The van der Waals surface area contributed by atoms with Crippen molar-refractivity contribution in [3.63, 3.8) is 0 Å². The second kappa shape index (κ2) is 8.30. The number of hydrogen-bond acceptors (Lipinski definition) is 4. The molecule has 2 N–H and O–H groups in total. The molecular formula is C21H30N2O4. The van der Waals surface area contributed by atoms with Crippen molar-refractivity contribution in [2.24, 2.45) is 5.41 Å². The molecule has 0 unspecified atom stereocenters. The third-order valence-electron chi connectivity index (χ3n) is 5.95. The van der Waals surface area contributed by atoms with Gasteiger partial charge in [-0.1, -0.05) is 31.4 Å². The minimum atomic E-state index is -0.913. The molecule has 2 aliphatic rings. The predicted molar refractivity (Wildman–Crippen MR) is 102 cm³/mol. The maximum Gasteiger partial charge on any atom is 0.245 e. The van der Waals surface area contributed by atoms with E-state index in [0.29, 0.717) is 19.5 Å². The molecule has 6 heteroatoms. The number of aliphatic hydroxyl groups is 1. The number of carbonyl (C=O) groups is 2. The summed E-state index contributed by atoms with van der Waals surface area (Å²) in [7, 11) is 1.61. The number of ether oxygens (including phenoxy) is 1. The molecule has 2 atom stereocenters. The molecule has 0 bridgehead atoms. The van der Waals surface area contributed by atoms with Gasteiger partial charge in [-0.05, 0) is 42.9 Å². The van der Waals surface area contributed by atoms with Gasteiger partial charge >= 0.3 is 0 Å². The van der Waals surface area contributed by atoms with Crippen molar-refractivity contribution in [1.29, 1.82) is 0 Å². The van der Waals surface area contributed by atoms with E-state index < -0.39 is 12.1 Å². The Hall–Kier alpha value is -2.08. The molecule has 1 aromatic carbocycles. The average molecular weight is 374 g/mol. The van der Waals surface area contributed by atoms with Crippen LogP contribution in [0.15, 0.2) is 24.3 Å². The average Bonchev–Trinajstić information content (AvgIpc) is 2.96. The number of nitrogens with zero attached hydrogens (tertiary/aromatic N) is 1. The van der Waals surface area contributed by atoms with Crippen LogP contribution in [0.4, 0.5) is 0 Å². The van der Waals surface area contributed by atoms with Gasteiger partial charge < -0.3 is 20.1 Å². The van der Waals surface area contributed by atoms with Gasteiger partial charge in [-0.2, -0.15) is 0 Å². The molecule has 1 aliphatic heterocycles. The smallest absolute Gasteiger partial charge is 0.245 e. The highest BCUT2D eigenvalue weighted by Gasteiger charge is 2.48. The zero-order valence-corrected chi connectivity index (χ0v) is 16.2. The first-order valence-corrected chi connectivity index (χ1v) is 9.82. The molecule has 3 rings (SSSR count). The first-order valence-electron chi connectivity index (χ1n) is 9.82. The van der Waals surface area contributed by atoms with Crippen LogP contribution in [0.2, 0.25) is 0 Å². The SMILES string of the molecule is COc1ccc(CNC(=O)[C@H]([C@@H](C)O)N2CC3(CCCCC3)CC2=O)cc1. The first kappa shape index (κ1) is 19.7. The van der Waals surface area contributed by atoms with Gasteiger partial charge in [-0.3, -0.25) is 9.59 Å². The molecule has 1 spiro atoms. The zero-order valence-electron chi connectivity index (χ0n) is 16.2. The number of benzene rings is 1. The third kappa shape index (κ3) is 4.43. The van der Waals surface area contributed by atoms with Gasteiger partial charge in [0.15, 0.2) is 0 Å². The monoisotopic (exact) mass is 374 g/mol. The summed E-state index contributed by atoms with van der Waals surface area (Å²) in [5.74, 6) is 0.441. The summed E-state index contributed by atoms with van der Waals surface area (Å²) in [6.07, 6.45) is 5.17. The van der Waals surface area contributed by atoms with Gasteiger partial charge in [0, 0.05) is 19.5 Å². The van der Waals surface area contributed by atoms with Crippen LogP contribution in [0, 0.1) is 5.41 Å². The van der Waals surface area contributed by atoms with E-state index in [1.54, 1.807) is 18.9 Å². The number of aliphatic hydroxyl groups excluding tert-OH is 1. The van der Waals surface area contributed by atoms with E-state index >= 15 is 0 Å². The summed E-state index contributed by atoms with van der Waals surface area (Å²) in [5.41, 5.74) is 0.934. The van der Waals surface area contributed by atoms with Gasteiger partial charge in [-0.15, -0.1) is 0 Å². The second-order valence-corrected chi connectivity index (χ2v) is 8.01. The Balaban J connectivity index is 1.65. The summed E-state index contributed by atoms with van der Waals surface area (Å²) in [6.45, 7) is 2.51. The van der Waals surface area contributed by atoms with Crippen molar-refractivity contribution in [3.05, 3.63) is 29.8 Å². The number of carbonyl (C=O) groups excluding carboxylic acids is 2.